The van der Waals surface area contributed by atoms with Crippen molar-refractivity contribution in [3.05, 3.63) is 107 Å². The average Bonchev–Trinajstić information content (AvgIpc) is 3.87. The molecule has 2 aliphatic heterocycles. The summed E-state index contributed by atoms with van der Waals surface area (Å²) in [6.45, 7) is 19.5. The minimum Gasteiger partial charge on any atom is -0.480 e. The van der Waals surface area contributed by atoms with Crippen molar-refractivity contribution < 1.29 is 46.7 Å². The number of hydrogen-bond acceptors (Lipinski definition) is 9. The van der Waals surface area contributed by atoms with E-state index in [1.165, 1.54) is 39.0 Å². The Morgan fingerprint density at radius 1 is 0.667 bits per heavy atom. The average molecular weight is 905 g/mol. The van der Waals surface area contributed by atoms with Gasteiger partial charge in [0, 0.05) is 60.6 Å². The second kappa shape index (κ2) is 17.1. The smallest absolute Gasteiger partial charge is 0.323 e. The zero-order valence-electron chi connectivity index (χ0n) is 38.8. The highest BCUT2D eigenvalue weighted by Gasteiger charge is 2.46. The Balaban J connectivity index is 0.000000198. The number of aliphatic carboxylic acids is 1. The fraction of sp³-hybridized carbons (Fsp3) is 0.380. The Kier molecular flexibility index (Phi) is 12.2. The van der Waals surface area contributed by atoms with Crippen LogP contribution in [0, 0.1) is 11.6 Å². The van der Waals surface area contributed by atoms with Crippen LogP contribution in [-0.4, -0.2) is 103 Å². The molecule has 0 spiro atoms. The first-order chi connectivity index (χ1) is 30.8. The molecule has 8 rings (SSSR count). The number of nitrogens with one attached hydrogen (secondary N) is 1. The van der Waals surface area contributed by atoms with E-state index in [4.69, 9.17) is 13.9 Å². The maximum Gasteiger partial charge on any atom is 0.323 e. The third-order valence-corrected chi connectivity index (χ3v) is 12.0. The predicted molar refractivity (Wildman–Crippen MR) is 244 cm³/mol. The van der Waals surface area contributed by atoms with Gasteiger partial charge >= 0.3 is 5.97 Å². The molecule has 66 heavy (non-hydrogen) atoms. The SMILES string of the molecule is CC(C)(C)c1cc(-c2ccc(F)cc2)nc2cc(C(=O)N3CCN(CC(=O)O)C(=O)C3(C)C)oc12.CC(C)(C)c1cc(-c2ccc(F)cc2)nc2cc(C(=O)N3CCNC(=O)C3(C)C)oc12. The molecule has 14 nitrogen and oxygen atoms in total. The van der Waals surface area contributed by atoms with Gasteiger partial charge in [-0.1, -0.05) is 41.5 Å². The highest BCUT2D eigenvalue weighted by atomic mass is 19.1. The predicted octanol–water partition coefficient (Wildman–Crippen LogP) is 8.36. The molecule has 6 aromatic rings. The Bertz CT molecular complexity index is 2890. The molecule has 2 aromatic carbocycles. The fourth-order valence-electron chi connectivity index (χ4n) is 8.20. The van der Waals surface area contributed by atoms with Gasteiger partial charge in [0.15, 0.2) is 22.7 Å². The highest BCUT2D eigenvalue weighted by Crippen LogP contribution is 2.37. The zero-order chi connectivity index (χ0) is 48.3. The Labute approximate surface area is 381 Å². The van der Waals surface area contributed by atoms with Crippen molar-refractivity contribution in [1.82, 2.24) is 30.0 Å². The van der Waals surface area contributed by atoms with E-state index in [1.807, 2.05) is 32.9 Å². The van der Waals surface area contributed by atoms with Crippen LogP contribution < -0.4 is 5.32 Å². The molecular formula is C50H54F2N6O8. The lowest BCUT2D eigenvalue weighted by molar-refractivity contribution is -0.153. The van der Waals surface area contributed by atoms with Gasteiger partial charge in [-0.05, 0) is 99.2 Å². The zero-order valence-corrected chi connectivity index (χ0v) is 38.8. The van der Waals surface area contributed by atoms with Crippen LogP contribution in [-0.2, 0) is 25.2 Å². The molecule has 346 valence electrons. The molecule has 2 saturated heterocycles. The van der Waals surface area contributed by atoms with Crippen LogP contribution in [0.5, 0.6) is 0 Å². The van der Waals surface area contributed by atoms with E-state index in [1.54, 1.807) is 64.1 Å². The minimum atomic E-state index is -1.25. The largest absolute Gasteiger partial charge is 0.480 e. The lowest BCUT2D eigenvalue weighted by Gasteiger charge is -2.45. The molecule has 0 atom stereocenters. The van der Waals surface area contributed by atoms with Gasteiger partial charge in [0.1, 0.15) is 40.3 Å². The molecule has 0 radical (unpaired) electrons. The van der Waals surface area contributed by atoms with Crippen LogP contribution >= 0.6 is 0 Å². The number of piperazine rings is 2. The Hall–Kier alpha value is -6.97. The van der Waals surface area contributed by atoms with Gasteiger partial charge in [-0.2, -0.15) is 0 Å². The number of amides is 4. The monoisotopic (exact) mass is 904 g/mol. The summed E-state index contributed by atoms with van der Waals surface area (Å²) in [5, 5.41) is 11.9. The van der Waals surface area contributed by atoms with Crippen LogP contribution in [0.3, 0.4) is 0 Å². The summed E-state index contributed by atoms with van der Waals surface area (Å²) in [6.07, 6.45) is 0. The van der Waals surface area contributed by atoms with Gasteiger partial charge in [-0.25, -0.2) is 18.7 Å². The van der Waals surface area contributed by atoms with E-state index in [2.05, 4.69) is 36.1 Å². The number of nitrogens with zero attached hydrogens (tertiary/aromatic N) is 5. The number of carbonyl (C=O) groups is 5. The second-order valence-corrected chi connectivity index (χ2v) is 19.7. The summed E-state index contributed by atoms with van der Waals surface area (Å²) in [5.41, 5.74) is 3.74. The molecule has 4 aromatic heterocycles. The number of carboxylic acid groups (broad SMARTS) is 1. The van der Waals surface area contributed by atoms with Gasteiger partial charge < -0.3 is 34.0 Å². The second-order valence-electron chi connectivity index (χ2n) is 19.7. The van der Waals surface area contributed by atoms with Crippen molar-refractivity contribution >= 4 is 51.8 Å². The van der Waals surface area contributed by atoms with Gasteiger partial charge in [0.25, 0.3) is 11.8 Å². The van der Waals surface area contributed by atoms with Gasteiger partial charge in [0.05, 0.1) is 11.4 Å². The Morgan fingerprint density at radius 3 is 1.50 bits per heavy atom. The van der Waals surface area contributed by atoms with Crippen molar-refractivity contribution in [2.45, 2.75) is 91.1 Å². The summed E-state index contributed by atoms with van der Waals surface area (Å²) in [6, 6.07) is 19.2. The minimum absolute atomic E-state index is 0.0433. The Morgan fingerprint density at radius 2 is 1.09 bits per heavy atom. The maximum absolute atomic E-state index is 13.5. The number of furan rings is 2. The van der Waals surface area contributed by atoms with Gasteiger partial charge in [-0.3, -0.25) is 24.0 Å². The molecule has 2 aliphatic rings. The maximum atomic E-state index is 13.5. The number of rotatable bonds is 6. The van der Waals surface area contributed by atoms with E-state index >= 15 is 0 Å². The lowest BCUT2D eigenvalue weighted by Crippen LogP contribution is -2.65. The van der Waals surface area contributed by atoms with Gasteiger partial charge in [0.2, 0.25) is 11.8 Å². The number of pyridine rings is 2. The third kappa shape index (κ3) is 9.13. The first-order valence-corrected chi connectivity index (χ1v) is 21.6. The van der Waals surface area contributed by atoms with Crippen LogP contribution in [0.25, 0.3) is 44.7 Å². The van der Waals surface area contributed by atoms with E-state index < -0.39 is 35.4 Å². The van der Waals surface area contributed by atoms with Crippen LogP contribution in [0.4, 0.5) is 8.78 Å². The number of benzene rings is 2. The molecule has 4 amide bonds. The standard InChI is InChI=1S/C26H28FN3O5.C24H26FN3O3/c1-25(2,3)17-12-18(15-6-8-16(27)9-7-15)28-19-13-20(35-22(17)19)23(33)30-11-10-29(14-21(31)32)24(34)26(30,4)5;1-23(2,3)16-12-17(14-6-8-15(25)9-7-14)27-18-13-19(31-20(16)18)21(29)28-11-10-26-22(30)24(28,4)5/h6-9,12-13H,10-11,14H2,1-5H3,(H,31,32);6-9,12-13H,10-11H2,1-5H3,(H,26,30). The number of carboxylic acids is 1. The quantitative estimate of drug-likeness (QED) is 0.165. The van der Waals surface area contributed by atoms with Crippen molar-refractivity contribution in [1.29, 1.82) is 0 Å². The molecule has 0 unspecified atom stereocenters. The number of halogens is 2. The summed E-state index contributed by atoms with van der Waals surface area (Å²) >= 11 is 0. The van der Waals surface area contributed by atoms with Crippen molar-refractivity contribution in [3.8, 4) is 22.5 Å². The van der Waals surface area contributed by atoms with Gasteiger partial charge in [-0.15, -0.1) is 0 Å². The van der Waals surface area contributed by atoms with Crippen molar-refractivity contribution in [2.24, 2.45) is 0 Å². The van der Waals surface area contributed by atoms with Crippen molar-refractivity contribution in [3.63, 3.8) is 0 Å². The fourth-order valence-corrected chi connectivity index (χ4v) is 8.20. The number of carbonyl (C=O) groups excluding carboxylic acids is 4. The third-order valence-electron chi connectivity index (χ3n) is 12.0. The van der Waals surface area contributed by atoms with Crippen LogP contribution in [0.1, 0.15) is 101 Å². The summed E-state index contributed by atoms with van der Waals surface area (Å²) in [7, 11) is 0. The highest BCUT2D eigenvalue weighted by molar-refractivity contribution is 6.02. The molecule has 2 N–H and O–H groups in total. The molecule has 0 saturated carbocycles. The van der Waals surface area contributed by atoms with E-state index in [9.17, 15) is 32.8 Å². The molecule has 0 aliphatic carbocycles. The van der Waals surface area contributed by atoms with E-state index in [-0.39, 0.29) is 58.9 Å². The van der Waals surface area contributed by atoms with Crippen LogP contribution in [0.2, 0.25) is 0 Å². The lowest BCUT2D eigenvalue weighted by atomic mass is 9.86. The van der Waals surface area contributed by atoms with E-state index in [0.717, 1.165) is 22.3 Å². The summed E-state index contributed by atoms with van der Waals surface area (Å²) in [5.74, 6) is -3.04. The number of fused-ring (bicyclic) bond motifs is 2. The molecule has 2 fully saturated rings. The molecule has 16 heteroatoms. The topological polar surface area (TPSA) is 179 Å². The van der Waals surface area contributed by atoms with Crippen molar-refractivity contribution in [2.75, 3.05) is 32.7 Å². The van der Waals surface area contributed by atoms with E-state index in [0.29, 0.717) is 46.7 Å². The molecule has 0 bridgehead atoms. The summed E-state index contributed by atoms with van der Waals surface area (Å²) in [4.78, 5) is 76.6. The number of aromatic nitrogens is 2. The van der Waals surface area contributed by atoms with Crippen LogP contribution in [0.15, 0.2) is 81.6 Å². The summed E-state index contributed by atoms with van der Waals surface area (Å²) < 4.78 is 38.9. The molecule has 6 heterocycles. The first kappa shape index (κ1) is 47.0. The normalized spacial score (nSPS) is 16.3. The first-order valence-electron chi connectivity index (χ1n) is 21.6. The molecular weight excluding hydrogens is 851 g/mol. The number of hydrogen-bond donors (Lipinski definition) is 2.